The van der Waals surface area contributed by atoms with E-state index >= 15 is 0 Å². The van der Waals surface area contributed by atoms with E-state index in [0.717, 1.165) is 44.5 Å². The number of hydrogen-bond acceptors (Lipinski definition) is 4. The molecule has 0 fully saturated rings. The minimum absolute atomic E-state index is 0.0303. The molecule has 0 radical (unpaired) electrons. The standard InChI is InChI=1S/C18H22N4O/c1-2-3-10-19-18-20-12-15(13-21-18)17(23)22-11-6-8-14-7-4-5-9-16(14)22/h4-5,7,9,12-13H,2-3,6,8,10-11H2,1H3,(H,19,20,21). The molecule has 2 aromatic rings. The summed E-state index contributed by atoms with van der Waals surface area (Å²) in [5, 5.41) is 3.16. The lowest BCUT2D eigenvalue weighted by atomic mass is 10.0. The van der Waals surface area contributed by atoms with Gasteiger partial charge >= 0.3 is 0 Å². The van der Waals surface area contributed by atoms with Crippen molar-refractivity contribution in [3.63, 3.8) is 0 Å². The van der Waals surface area contributed by atoms with Gasteiger partial charge in [-0.05, 0) is 30.9 Å². The summed E-state index contributed by atoms with van der Waals surface area (Å²) in [6.07, 6.45) is 7.44. The Hall–Kier alpha value is -2.43. The second-order valence-electron chi connectivity index (χ2n) is 5.76. The maximum atomic E-state index is 12.8. The molecule has 0 saturated heterocycles. The van der Waals surface area contributed by atoms with Gasteiger partial charge in [0.05, 0.1) is 5.56 Å². The van der Waals surface area contributed by atoms with Crippen LogP contribution in [0.3, 0.4) is 0 Å². The first kappa shape index (κ1) is 15.5. The Balaban J connectivity index is 1.74. The van der Waals surface area contributed by atoms with Gasteiger partial charge in [-0.15, -0.1) is 0 Å². The van der Waals surface area contributed by atoms with Crippen molar-refractivity contribution in [3.8, 4) is 0 Å². The van der Waals surface area contributed by atoms with Crippen molar-refractivity contribution in [1.82, 2.24) is 9.97 Å². The molecule has 1 aromatic heterocycles. The van der Waals surface area contributed by atoms with E-state index in [2.05, 4.69) is 28.3 Å². The Labute approximate surface area is 136 Å². The molecule has 0 unspecified atom stereocenters. The molecule has 0 atom stereocenters. The minimum Gasteiger partial charge on any atom is -0.354 e. The number of carbonyl (C=O) groups is 1. The molecule has 3 rings (SSSR count). The zero-order chi connectivity index (χ0) is 16.1. The van der Waals surface area contributed by atoms with Crippen molar-refractivity contribution in [2.75, 3.05) is 23.3 Å². The van der Waals surface area contributed by atoms with Crippen LogP contribution in [0.25, 0.3) is 0 Å². The normalized spacial score (nSPS) is 13.5. The average Bonchev–Trinajstić information content (AvgIpc) is 2.61. The topological polar surface area (TPSA) is 58.1 Å². The number of aryl methyl sites for hydroxylation is 1. The van der Waals surface area contributed by atoms with Crippen LogP contribution in [0.4, 0.5) is 11.6 Å². The quantitative estimate of drug-likeness (QED) is 0.861. The van der Waals surface area contributed by atoms with E-state index in [4.69, 9.17) is 0 Å². The summed E-state index contributed by atoms with van der Waals surface area (Å²) < 4.78 is 0. The van der Waals surface area contributed by atoms with Crippen LogP contribution in [0.5, 0.6) is 0 Å². The van der Waals surface area contributed by atoms with Crippen molar-refractivity contribution in [3.05, 3.63) is 47.8 Å². The molecular weight excluding hydrogens is 288 g/mol. The number of nitrogens with zero attached hydrogens (tertiary/aromatic N) is 3. The zero-order valence-corrected chi connectivity index (χ0v) is 13.5. The van der Waals surface area contributed by atoms with Crippen LogP contribution in [0, 0.1) is 0 Å². The van der Waals surface area contributed by atoms with E-state index in [1.165, 1.54) is 5.56 Å². The SMILES string of the molecule is CCCCNc1ncc(C(=O)N2CCCc3ccccc32)cn1. The number of anilines is 2. The van der Waals surface area contributed by atoms with Crippen LogP contribution >= 0.6 is 0 Å². The third-order valence-electron chi connectivity index (χ3n) is 4.07. The summed E-state index contributed by atoms with van der Waals surface area (Å²) in [6, 6.07) is 8.09. The van der Waals surface area contributed by atoms with Gasteiger partial charge in [0, 0.05) is 31.2 Å². The highest BCUT2D eigenvalue weighted by atomic mass is 16.2. The number of rotatable bonds is 5. The summed E-state index contributed by atoms with van der Waals surface area (Å²) in [4.78, 5) is 23.1. The molecule has 1 aliphatic rings. The fraction of sp³-hybridized carbons (Fsp3) is 0.389. The van der Waals surface area contributed by atoms with Gasteiger partial charge in [0.2, 0.25) is 5.95 Å². The van der Waals surface area contributed by atoms with Crippen LogP contribution in [0.1, 0.15) is 42.1 Å². The van der Waals surface area contributed by atoms with Gasteiger partial charge in [0.25, 0.3) is 5.91 Å². The Morgan fingerprint density at radius 2 is 2.04 bits per heavy atom. The van der Waals surface area contributed by atoms with Gasteiger partial charge in [-0.3, -0.25) is 4.79 Å². The van der Waals surface area contributed by atoms with Gasteiger partial charge in [-0.1, -0.05) is 31.5 Å². The Morgan fingerprint density at radius 3 is 2.83 bits per heavy atom. The molecule has 2 heterocycles. The second-order valence-corrected chi connectivity index (χ2v) is 5.76. The fourth-order valence-corrected chi connectivity index (χ4v) is 2.81. The third-order valence-corrected chi connectivity index (χ3v) is 4.07. The van der Waals surface area contributed by atoms with E-state index in [-0.39, 0.29) is 5.91 Å². The molecule has 0 saturated carbocycles. The molecule has 1 N–H and O–H groups in total. The summed E-state index contributed by atoms with van der Waals surface area (Å²) in [5.74, 6) is 0.548. The first-order chi connectivity index (χ1) is 11.3. The molecule has 5 nitrogen and oxygen atoms in total. The Bertz CT molecular complexity index is 669. The average molecular weight is 310 g/mol. The van der Waals surface area contributed by atoms with Crippen molar-refractivity contribution < 1.29 is 4.79 Å². The number of aromatic nitrogens is 2. The highest BCUT2D eigenvalue weighted by Crippen LogP contribution is 2.27. The molecule has 1 aliphatic heterocycles. The number of para-hydroxylation sites is 1. The van der Waals surface area contributed by atoms with Crippen LogP contribution < -0.4 is 10.2 Å². The maximum absolute atomic E-state index is 12.8. The van der Waals surface area contributed by atoms with Crippen LogP contribution in [0.15, 0.2) is 36.7 Å². The number of amides is 1. The summed E-state index contributed by atoms with van der Waals surface area (Å²) in [7, 11) is 0. The van der Waals surface area contributed by atoms with E-state index < -0.39 is 0 Å². The zero-order valence-electron chi connectivity index (χ0n) is 13.5. The number of fused-ring (bicyclic) bond motifs is 1. The van der Waals surface area contributed by atoms with Crippen LogP contribution in [-0.2, 0) is 6.42 Å². The fourth-order valence-electron chi connectivity index (χ4n) is 2.81. The number of benzene rings is 1. The smallest absolute Gasteiger partial charge is 0.261 e. The lowest BCUT2D eigenvalue weighted by Crippen LogP contribution is -2.35. The van der Waals surface area contributed by atoms with E-state index in [1.54, 1.807) is 12.4 Å². The monoisotopic (exact) mass is 310 g/mol. The molecular formula is C18H22N4O. The molecule has 0 aliphatic carbocycles. The molecule has 1 amide bonds. The lowest BCUT2D eigenvalue weighted by molar-refractivity contribution is 0.0984. The number of hydrogen-bond donors (Lipinski definition) is 1. The van der Waals surface area contributed by atoms with Crippen LogP contribution in [0.2, 0.25) is 0 Å². The van der Waals surface area contributed by atoms with Crippen LogP contribution in [-0.4, -0.2) is 29.0 Å². The molecule has 120 valence electrons. The molecule has 0 spiro atoms. The largest absolute Gasteiger partial charge is 0.354 e. The number of nitrogens with one attached hydrogen (secondary N) is 1. The summed E-state index contributed by atoms with van der Waals surface area (Å²) >= 11 is 0. The third kappa shape index (κ3) is 3.50. The summed E-state index contributed by atoms with van der Waals surface area (Å²) in [5.41, 5.74) is 2.77. The molecule has 1 aromatic carbocycles. The highest BCUT2D eigenvalue weighted by molar-refractivity contribution is 6.06. The molecule has 23 heavy (non-hydrogen) atoms. The molecule has 5 heteroatoms. The van der Waals surface area contributed by atoms with Gasteiger partial charge in [-0.2, -0.15) is 0 Å². The first-order valence-electron chi connectivity index (χ1n) is 8.25. The molecule has 0 bridgehead atoms. The van der Waals surface area contributed by atoms with E-state index in [1.807, 2.05) is 23.1 Å². The Morgan fingerprint density at radius 1 is 1.26 bits per heavy atom. The van der Waals surface area contributed by atoms with Crippen molar-refractivity contribution in [2.24, 2.45) is 0 Å². The van der Waals surface area contributed by atoms with Gasteiger partial charge in [0.1, 0.15) is 0 Å². The maximum Gasteiger partial charge on any atom is 0.261 e. The second kappa shape index (κ2) is 7.22. The predicted octanol–water partition coefficient (Wildman–Crippen LogP) is 3.28. The van der Waals surface area contributed by atoms with Gasteiger partial charge in [0.15, 0.2) is 0 Å². The number of unbranched alkanes of at least 4 members (excludes halogenated alkanes) is 1. The number of carbonyl (C=O) groups excluding carboxylic acids is 1. The predicted molar refractivity (Wildman–Crippen MR) is 91.9 cm³/mol. The van der Waals surface area contributed by atoms with Gasteiger partial charge in [-0.25, -0.2) is 9.97 Å². The minimum atomic E-state index is -0.0303. The Kier molecular flexibility index (Phi) is 4.86. The van der Waals surface area contributed by atoms with Gasteiger partial charge < -0.3 is 10.2 Å². The highest BCUT2D eigenvalue weighted by Gasteiger charge is 2.23. The summed E-state index contributed by atoms with van der Waals surface area (Å²) in [6.45, 7) is 3.73. The lowest BCUT2D eigenvalue weighted by Gasteiger charge is -2.29. The van der Waals surface area contributed by atoms with Crippen molar-refractivity contribution in [2.45, 2.75) is 32.6 Å². The van der Waals surface area contributed by atoms with Crippen molar-refractivity contribution >= 4 is 17.5 Å². The first-order valence-corrected chi connectivity index (χ1v) is 8.25. The van der Waals surface area contributed by atoms with E-state index in [0.29, 0.717) is 11.5 Å². The van der Waals surface area contributed by atoms with Crippen molar-refractivity contribution in [1.29, 1.82) is 0 Å². The van der Waals surface area contributed by atoms with E-state index in [9.17, 15) is 4.79 Å².